The van der Waals surface area contributed by atoms with Gasteiger partial charge in [-0.1, -0.05) is 35.5 Å². The highest BCUT2D eigenvalue weighted by molar-refractivity contribution is 5.17. The Kier molecular flexibility index (Phi) is 2.97. The molecule has 2 aromatic rings. The summed E-state index contributed by atoms with van der Waals surface area (Å²) >= 11 is 0. The van der Waals surface area contributed by atoms with Crippen LogP contribution >= 0.6 is 0 Å². The van der Waals surface area contributed by atoms with Gasteiger partial charge in [-0.05, 0) is 12.5 Å². The Labute approximate surface area is 94.1 Å². The monoisotopic (exact) mass is 212 g/mol. The van der Waals surface area contributed by atoms with Gasteiger partial charge >= 0.3 is 0 Å². The summed E-state index contributed by atoms with van der Waals surface area (Å²) in [4.78, 5) is 0. The second-order valence-corrected chi connectivity index (χ2v) is 3.60. The minimum atomic E-state index is 0.320. The SMILES string of the molecule is Cc1c(CC#N)nnn1Cc1ccccc1. The van der Waals surface area contributed by atoms with Gasteiger partial charge in [-0.3, -0.25) is 0 Å². The Morgan fingerprint density at radius 3 is 2.75 bits per heavy atom. The molecule has 0 fully saturated rings. The third-order valence-electron chi connectivity index (χ3n) is 2.50. The molecule has 2 rings (SSSR count). The molecule has 0 aliphatic carbocycles. The quantitative estimate of drug-likeness (QED) is 0.778. The highest BCUT2D eigenvalue weighted by atomic mass is 15.4. The van der Waals surface area contributed by atoms with Crippen molar-refractivity contribution < 1.29 is 0 Å². The molecule has 0 spiro atoms. The topological polar surface area (TPSA) is 54.5 Å². The van der Waals surface area contributed by atoms with Gasteiger partial charge in [0.2, 0.25) is 0 Å². The molecular formula is C12H12N4. The van der Waals surface area contributed by atoms with Crippen LogP contribution in [0.4, 0.5) is 0 Å². The Hall–Kier alpha value is -2.15. The van der Waals surface area contributed by atoms with Crippen molar-refractivity contribution in [3.8, 4) is 6.07 Å². The molecule has 0 N–H and O–H groups in total. The van der Waals surface area contributed by atoms with Crippen LogP contribution in [0, 0.1) is 18.3 Å². The summed E-state index contributed by atoms with van der Waals surface area (Å²) in [5.41, 5.74) is 2.91. The fraction of sp³-hybridized carbons (Fsp3) is 0.250. The molecule has 0 bridgehead atoms. The average molecular weight is 212 g/mol. The second-order valence-electron chi connectivity index (χ2n) is 3.60. The number of hydrogen-bond donors (Lipinski definition) is 0. The highest BCUT2D eigenvalue weighted by Gasteiger charge is 2.07. The maximum absolute atomic E-state index is 8.62. The van der Waals surface area contributed by atoms with E-state index in [9.17, 15) is 0 Å². The molecular weight excluding hydrogens is 200 g/mol. The third kappa shape index (κ3) is 2.09. The molecule has 1 aromatic heterocycles. The molecule has 0 aliphatic heterocycles. The van der Waals surface area contributed by atoms with Gasteiger partial charge < -0.3 is 0 Å². The van der Waals surface area contributed by atoms with E-state index >= 15 is 0 Å². The van der Waals surface area contributed by atoms with E-state index < -0.39 is 0 Å². The first-order chi connectivity index (χ1) is 7.81. The fourth-order valence-electron chi connectivity index (χ4n) is 1.54. The maximum atomic E-state index is 8.62. The van der Waals surface area contributed by atoms with E-state index in [0.29, 0.717) is 13.0 Å². The van der Waals surface area contributed by atoms with Gasteiger partial charge in [0.25, 0.3) is 0 Å². The zero-order valence-corrected chi connectivity index (χ0v) is 9.09. The highest BCUT2D eigenvalue weighted by Crippen LogP contribution is 2.07. The van der Waals surface area contributed by atoms with E-state index in [1.54, 1.807) is 0 Å². The molecule has 16 heavy (non-hydrogen) atoms. The standard InChI is InChI=1S/C12H12N4/c1-10-12(7-8-13)14-15-16(10)9-11-5-3-2-4-6-11/h2-6H,7,9H2,1H3. The van der Waals surface area contributed by atoms with Crippen molar-refractivity contribution in [3.63, 3.8) is 0 Å². The number of aromatic nitrogens is 3. The Bertz CT molecular complexity index is 508. The molecule has 0 unspecified atom stereocenters. The van der Waals surface area contributed by atoms with E-state index in [4.69, 9.17) is 5.26 Å². The van der Waals surface area contributed by atoms with Crippen molar-refractivity contribution in [3.05, 3.63) is 47.3 Å². The lowest BCUT2D eigenvalue weighted by molar-refractivity contribution is 0.633. The summed E-state index contributed by atoms with van der Waals surface area (Å²) in [5, 5.41) is 16.7. The summed E-state index contributed by atoms with van der Waals surface area (Å²) in [7, 11) is 0. The molecule has 0 saturated heterocycles. The smallest absolute Gasteiger partial charge is 0.0996 e. The van der Waals surface area contributed by atoms with Crippen LogP contribution in [0.5, 0.6) is 0 Å². The summed E-state index contributed by atoms with van der Waals surface area (Å²) in [5.74, 6) is 0. The van der Waals surface area contributed by atoms with E-state index in [0.717, 1.165) is 11.4 Å². The third-order valence-corrected chi connectivity index (χ3v) is 2.50. The molecule has 0 aliphatic rings. The second kappa shape index (κ2) is 4.58. The number of benzene rings is 1. The van der Waals surface area contributed by atoms with Gasteiger partial charge in [-0.25, -0.2) is 4.68 Å². The van der Waals surface area contributed by atoms with Gasteiger partial charge in [0.1, 0.15) is 0 Å². The average Bonchev–Trinajstić information content (AvgIpc) is 2.64. The van der Waals surface area contributed by atoms with E-state index in [1.165, 1.54) is 5.56 Å². The molecule has 0 atom stereocenters. The lowest BCUT2D eigenvalue weighted by atomic mass is 10.2. The summed E-state index contributed by atoms with van der Waals surface area (Å²) < 4.78 is 1.82. The maximum Gasteiger partial charge on any atom is 0.0996 e. The molecule has 4 nitrogen and oxygen atoms in total. The number of nitriles is 1. The Morgan fingerprint density at radius 1 is 1.31 bits per heavy atom. The number of hydrogen-bond acceptors (Lipinski definition) is 3. The molecule has 0 amide bonds. The van der Waals surface area contributed by atoms with E-state index in [-0.39, 0.29) is 0 Å². The molecule has 80 valence electrons. The van der Waals surface area contributed by atoms with Crippen LogP contribution in [0.25, 0.3) is 0 Å². The first kappa shape index (κ1) is 10.4. The van der Waals surface area contributed by atoms with Crippen LogP contribution in [0.2, 0.25) is 0 Å². The largest absolute Gasteiger partial charge is 0.245 e. The van der Waals surface area contributed by atoms with E-state index in [1.807, 2.05) is 41.9 Å². The molecule has 4 heteroatoms. The minimum Gasteiger partial charge on any atom is -0.245 e. The Balaban J connectivity index is 2.20. The van der Waals surface area contributed by atoms with Crippen LogP contribution in [-0.4, -0.2) is 15.0 Å². The van der Waals surface area contributed by atoms with Gasteiger partial charge in [0.15, 0.2) is 0 Å². The minimum absolute atomic E-state index is 0.320. The number of nitrogens with zero attached hydrogens (tertiary/aromatic N) is 4. The lowest BCUT2D eigenvalue weighted by Gasteiger charge is -2.02. The van der Waals surface area contributed by atoms with Crippen LogP contribution in [-0.2, 0) is 13.0 Å². The molecule has 0 radical (unpaired) electrons. The summed E-state index contributed by atoms with van der Waals surface area (Å²) in [6.45, 7) is 2.64. The van der Waals surface area contributed by atoms with Crippen molar-refractivity contribution in [1.29, 1.82) is 5.26 Å². The van der Waals surface area contributed by atoms with E-state index in [2.05, 4.69) is 16.4 Å². The molecule has 0 saturated carbocycles. The normalized spacial score (nSPS) is 10.0. The number of rotatable bonds is 3. The van der Waals surface area contributed by atoms with Crippen molar-refractivity contribution in [2.75, 3.05) is 0 Å². The van der Waals surface area contributed by atoms with Crippen LogP contribution in [0.3, 0.4) is 0 Å². The zero-order chi connectivity index (χ0) is 11.4. The van der Waals surface area contributed by atoms with Gasteiger partial charge in [0, 0.05) is 0 Å². The zero-order valence-electron chi connectivity index (χ0n) is 9.09. The van der Waals surface area contributed by atoms with Crippen molar-refractivity contribution >= 4 is 0 Å². The Morgan fingerprint density at radius 2 is 2.06 bits per heavy atom. The van der Waals surface area contributed by atoms with Crippen molar-refractivity contribution in [1.82, 2.24) is 15.0 Å². The lowest BCUT2D eigenvalue weighted by Crippen LogP contribution is -2.04. The van der Waals surface area contributed by atoms with Crippen LogP contribution < -0.4 is 0 Å². The van der Waals surface area contributed by atoms with Crippen LogP contribution in [0.15, 0.2) is 30.3 Å². The predicted molar refractivity (Wildman–Crippen MR) is 59.6 cm³/mol. The molecule has 1 aromatic carbocycles. The van der Waals surface area contributed by atoms with Gasteiger partial charge in [-0.2, -0.15) is 5.26 Å². The van der Waals surface area contributed by atoms with Gasteiger partial charge in [0.05, 0.1) is 30.4 Å². The summed E-state index contributed by atoms with van der Waals surface area (Å²) in [6, 6.07) is 12.2. The predicted octanol–water partition coefficient (Wildman–Crippen LogP) is 1.70. The summed E-state index contributed by atoms with van der Waals surface area (Å²) in [6.07, 6.45) is 0.320. The van der Waals surface area contributed by atoms with Crippen molar-refractivity contribution in [2.45, 2.75) is 19.9 Å². The van der Waals surface area contributed by atoms with Crippen molar-refractivity contribution in [2.24, 2.45) is 0 Å². The fourth-order valence-corrected chi connectivity index (χ4v) is 1.54. The first-order valence-electron chi connectivity index (χ1n) is 5.11. The molecule has 1 heterocycles. The van der Waals surface area contributed by atoms with Crippen LogP contribution in [0.1, 0.15) is 17.0 Å². The first-order valence-corrected chi connectivity index (χ1v) is 5.11. The van der Waals surface area contributed by atoms with Gasteiger partial charge in [-0.15, -0.1) is 5.10 Å².